The molecule has 2 aromatic rings. The Bertz CT molecular complexity index is 778. The molecule has 5 heteroatoms. The number of rotatable bonds is 5. The lowest BCUT2D eigenvalue weighted by atomic mass is 9.85. The zero-order chi connectivity index (χ0) is 18.6. The normalized spacial score (nSPS) is 19.4. The number of hydrogen-bond donors (Lipinski definition) is 2. The summed E-state index contributed by atoms with van der Waals surface area (Å²) in [6.07, 6.45) is 8.90. The SMILES string of the molecule is CC(CN1CCc2ccccc2C1)NC(=O)c1cn[nH]c1C1CCCCC1. The lowest BCUT2D eigenvalue weighted by Gasteiger charge is -2.31. The molecular formula is C22H30N4O. The number of amides is 1. The lowest BCUT2D eigenvalue weighted by molar-refractivity contribution is 0.0925. The van der Waals surface area contributed by atoms with Gasteiger partial charge in [-0.3, -0.25) is 14.8 Å². The van der Waals surface area contributed by atoms with Crippen LogP contribution in [0.2, 0.25) is 0 Å². The van der Waals surface area contributed by atoms with Crippen LogP contribution in [-0.2, 0) is 13.0 Å². The molecule has 2 N–H and O–H groups in total. The van der Waals surface area contributed by atoms with E-state index < -0.39 is 0 Å². The summed E-state index contributed by atoms with van der Waals surface area (Å²) >= 11 is 0. The minimum atomic E-state index is 0.00855. The maximum absolute atomic E-state index is 12.8. The monoisotopic (exact) mass is 366 g/mol. The molecule has 1 atom stereocenters. The van der Waals surface area contributed by atoms with Crippen LogP contribution in [0.3, 0.4) is 0 Å². The molecule has 0 radical (unpaired) electrons. The van der Waals surface area contributed by atoms with Crippen LogP contribution in [-0.4, -0.2) is 40.1 Å². The number of fused-ring (bicyclic) bond motifs is 1. The fourth-order valence-corrected chi connectivity index (χ4v) is 4.62. The molecular weight excluding hydrogens is 336 g/mol. The topological polar surface area (TPSA) is 61.0 Å². The van der Waals surface area contributed by atoms with Gasteiger partial charge in [0.1, 0.15) is 0 Å². The second kappa shape index (κ2) is 8.26. The first-order valence-electron chi connectivity index (χ1n) is 10.3. The van der Waals surface area contributed by atoms with Crippen molar-refractivity contribution in [2.45, 2.75) is 64.0 Å². The molecule has 1 saturated carbocycles. The van der Waals surface area contributed by atoms with Crippen LogP contribution < -0.4 is 5.32 Å². The first-order valence-corrected chi connectivity index (χ1v) is 10.3. The second-order valence-electron chi connectivity index (χ2n) is 8.16. The molecule has 27 heavy (non-hydrogen) atoms. The van der Waals surface area contributed by atoms with Gasteiger partial charge in [-0.05, 0) is 37.3 Å². The minimum Gasteiger partial charge on any atom is -0.348 e. The number of nitrogens with one attached hydrogen (secondary N) is 2. The maximum atomic E-state index is 12.8. The van der Waals surface area contributed by atoms with Crippen LogP contribution in [0.15, 0.2) is 30.5 Å². The van der Waals surface area contributed by atoms with Crippen molar-refractivity contribution in [1.29, 1.82) is 0 Å². The Labute approximate surface area is 161 Å². The maximum Gasteiger partial charge on any atom is 0.255 e. The predicted molar refractivity (Wildman–Crippen MR) is 107 cm³/mol. The van der Waals surface area contributed by atoms with Crippen molar-refractivity contribution in [2.24, 2.45) is 0 Å². The van der Waals surface area contributed by atoms with E-state index in [-0.39, 0.29) is 11.9 Å². The van der Waals surface area contributed by atoms with Crippen molar-refractivity contribution >= 4 is 5.91 Å². The highest BCUT2D eigenvalue weighted by Crippen LogP contribution is 2.33. The molecule has 1 amide bonds. The number of H-pyrrole nitrogens is 1. The summed E-state index contributed by atoms with van der Waals surface area (Å²) in [4.78, 5) is 15.3. The fraction of sp³-hybridized carbons (Fsp3) is 0.545. The molecule has 0 spiro atoms. The van der Waals surface area contributed by atoms with Gasteiger partial charge >= 0.3 is 0 Å². The highest BCUT2D eigenvalue weighted by Gasteiger charge is 2.25. The first kappa shape index (κ1) is 18.2. The highest BCUT2D eigenvalue weighted by molar-refractivity contribution is 5.95. The van der Waals surface area contributed by atoms with Gasteiger partial charge in [0, 0.05) is 31.6 Å². The second-order valence-corrected chi connectivity index (χ2v) is 8.16. The van der Waals surface area contributed by atoms with Crippen molar-refractivity contribution in [3.63, 3.8) is 0 Å². The largest absolute Gasteiger partial charge is 0.348 e. The zero-order valence-corrected chi connectivity index (χ0v) is 16.2. The third-order valence-corrected chi connectivity index (χ3v) is 6.05. The number of benzene rings is 1. The molecule has 0 bridgehead atoms. The summed E-state index contributed by atoms with van der Waals surface area (Å²) < 4.78 is 0. The van der Waals surface area contributed by atoms with Crippen molar-refractivity contribution in [3.8, 4) is 0 Å². The molecule has 1 aromatic carbocycles. The van der Waals surface area contributed by atoms with Crippen LogP contribution in [0, 0.1) is 0 Å². The van der Waals surface area contributed by atoms with Crippen molar-refractivity contribution in [1.82, 2.24) is 20.4 Å². The molecule has 2 aliphatic rings. The predicted octanol–water partition coefficient (Wildman–Crippen LogP) is 3.63. The lowest BCUT2D eigenvalue weighted by Crippen LogP contribution is -2.43. The third-order valence-electron chi connectivity index (χ3n) is 6.05. The number of carbonyl (C=O) groups is 1. The zero-order valence-electron chi connectivity index (χ0n) is 16.2. The number of aromatic nitrogens is 2. The third kappa shape index (κ3) is 4.24. The van der Waals surface area contributed by atoms with Crippen molar-refractivity contribution in [3.05, 3.63) is 52.8 Å². The standard InChI is InChI=1S/C22H30N4O/c1-16(14-26-12-11-17-7-5-6-10-19(17)15-26)24-22(27)20-13-23-25-21(20)18-8-3-2-4-9-18/h5-7,10,13,16,18H,2-4,8-9,11-12,14-15H2,1H3,(H,23,25)(H,24,27). The molecule has 1 aliphatic heterocycles. The average molecular weight is 367 g/mol. The van der Waals surface area contributed by atoms with Crippen LogP contribution >= 0.6 is 0 Å². The van der Waals surface area contributed by atoms with Gasteiger partial charge in [0.15, 0.2) is 0 Å². The van der Waals surface area contributed by atoms with E-state index in [1.165, 1.54) is 30.4 Å². The number of nitrogens with zero attached hydrogens (tertiary/aromatic N) is 2. The van der Waals surface area contributed by atoms with E-state index in [4.69, 9.17) is 0 Å². The van der Waals surface area contributed by atoms with Crippen molar-refractivity contribution in [2.75, 3.05) is 13.1 Å². The Kier molecular flexibility index (Phi) is 5.58. The van der Waals surface area contributed by atoms with Gasteiger partial charge in [-0.1, -0.05) is 43.5 Å². The van der Waals surface area contributed by atoms with E-state index in [1.54, 1.807) is 6.20 Å². The Morgan fingerprint density at radius 2 is 2.04 bits per heavy atom. The van der Waals surface area contributed by atoms with E-state index in [9.17, 15) is 4.79 Å². The molecule has 2 heterocycles. The minimum absolute atomic E-state index is 0.00855. The van der Waals surface area contributed by atoms with Gasteiger partial charge < -0.3 is 5.32 Å². The summed E-state index contributed by atoms with van der Waals surface area (Å²) in [5, 5.41) is 10.5. The number of aromatic amines is 1. The fourth-order valence-electron chi connectivity index (χ4n) is 4.62. The Hall–Kier alpha value is -2.14. The van der Waals surface area contributed by atoms with Crippen molar-refractivity contribution < 1.29 is 4.79 Å². The number of carbonyl (C=O) groups excluding carboxylic acids is 1. The van der Waals surface area contributed by atoms with Crippen LogP contribution in [0.25, 0.3) is 0 Å². The molecule has 1 unspecified atom stereocenters. The van der Waals surface area contributed by atoms with Crippen LogP contribution in [0.5, 0.6) is 0 Å². The molecule has 5 nitrogen and oxygen atoms in total. The summed E-state index contributed by atoms with van der Waals surface area (Å²) in [5.41, 5.74) is 4.64. The summed E-state index contributed by atoms with van der Waals surface area (Å²) in [6.45, 7) is 4.99. The quantitative estimate of drug-likeness (QED) is 0.849. The van der Waals surface area contributed by atoms with E-state index in [0.717, 1.165) is 50.2 Å². The number of hydrogen-bond acceptors (Lipinski definition) is 3. The molecule has 1 fully saturated rings. The van der Waals surface area contributed by atoms with E-state index in [2.05, 4.69) is 51.6 Å². The summed E-state index contributed by atoms with van der Waals surface area (Å²) in [7, 11) is 0. The summed E-state index contributed by atoms with van der Waals surface area (Å²) in [5.74, 6) is 0.463. The smallest absolute Gasteiger partial charge is 0.255 e. The molecule has 1 aliphatic carbocycles. The molecule has 0 saturated heterocycles. The van der Waals surface area contributed by atoms with Gasteiger partial charge in [-0.2, -0.15) is 5.10 Å². The van der Waals surface area contributed by atoms with Gasteiger partial charge in [-0.15, -0.1) is 0 Å². The Morgan fingerprint density at radius 1 is 1.26 bits per heavy atom. The van der Waals surface area contributed by atoms with E-state index in [0.29, 0.717) is 5.92 Å². The molecule has 4 rings (SSSR count). The Balaban J connectivity index is 1.34. The van der Waals surface area contributed by atoms with E-state index in [1.807, 2.05) is 0 Å². The van der Waals surface area contributed by atoms with E-state index >= 15 is 0 Å². The van der Waals surface area contributed by atoms with Crippen LogP contribution in [0.4, 0.5) is 0 Å². The van der Waals surface area contributed by atoms with Gasteiger partial charge in [0.25, 0.3) is 5.91 Å². The van der Waals surface area contributed by atoms with Gasteiger partial charge in [0.05, 0.1) is 17.5 Å². The summed E-state index contributed by atoms with van der Waals surface area (Å²) in [6, 6.07) is 8.78. The highest BCUT2D eigenvalue weighted by atomic mass is 16.1. The van der Waals surface area contributed by atoms with Gasteiger partial charge in [-0.25, -0.2) is 0 Å². The molecule has 1 aromatic heterocycles. The average Bonchev–Trinajstić information content (AvgIpc) is 3.18. The molecule has 144 valence electrons. The van der Waals surface area contributed by atoms with Crippen LogP contribution in [0.1, 0.15) is 72.1 Å². The Morgan fingerprint density at radius 3 is 2.85 bits per heavy atom. The first-order chi connectivity index (χ1) is 13.2. The van der Waals surface area contributed by atoms with Gasteiger partial charge in [0.2, 0.25) is 0 Å².